The van der Waals surface area contributed by atoms with E-state index < -0.39 is 0 Å². The minimum absolute atomic E-state index is 0.0593. The SMILES string of the molecule is O=C(CSc1ncnc2nc(N3CCCC3)sc12)NCc1ccccc1Cl. The molecule has 2 aromatic heterocycles. The number of nitrogens with zero attached hydrogens (tertiary/aromatic N) is 4. The molecule has 1 saturated heterocycles. The standard InChI is InChI=1S/C18H18ClN5OS2/c19-13-6-2-1-5-12(13)9-20-14(25)10-26-17-15-16(21-11-22-17)23-18(27-15)24-7-3-4-8-24/h1-2,5-6,11H,3-4,7-10H2,(H,20,25). The van der Waals surface area contributed by atoms with Crippen LogP contribution in [0.2, 0.25) is 5.02 Å². The number of benzene rings is 1. The van der Waals surface area contributed by atoms with Gasteiger partial charge in [-0.15, -0.1) is 0 Å². The lowest BCUT2D eigenvalue weighted by Gasteiger charge is -2.11. The molecule has 1 aliphatic heterocycles. The number of carbonyl (C=O) groups is 1. The zero-order valence-corrected chi connectivity index (χ0v) is 16.9. The average Bonchev–Trinajstić information content (AvgIpc) is 3.35. The Balaban J connectivity index is 1.39. The van der Waals surface area contributed by atoms with Crippen LogP contribution in [0.3, 0.4) is 0 Å². The molecule has 27 heavy (non-hydrogen) atoms. The first-order chi connectivity index (χ1) is 13.2. The van der Waals surface area contributed by atoms with Gasteiger partial charge in [-0.25, -0.2) is 9.97 Å². The Labute approximate surface area is 170 Å². The second-order valence-electron chi connectivity index (χ2n) is 6.18. The van der Waals surface area contributed by atoms with Crippen molar-refractivity contribution in [3.8, 4) is 0 Å². The molecule has 9 heteroatoms. The van der Waals surface area contributed by atoms with Crippen LogP contribution in [0.4, 0.5) is 5.13 Å². The summed E-state index contributed by atoms with van der Waals surface area (Å²) in [4.78, 5) is 27.8. The zero-order chi connectivity index (χ0) is 18.6. The van der Waals surface area contributed by atoms with E-state index in [0.29, 0.717) is 17.2 Å². The van der Waals surface area contributed by atoms with Crippen LogP contribution in [0.15, 0.2) is 35.6 Å². The Bertz CT molecular complexity index is 958. The normalized spacial score (nSPS) is 14.0. The lowest BCUT2D eigenvalue weighted by molar-refractivity contribution is -0.118. The highest BCUT2D eigenvalue weighted by molar-refractivity contribution is 8.00. The fourth-order valence-electron chi connectivity index (χ4n) is 2.89. The summed E-state index contributed by atoms with van der Waals surface area (Å²) in [7, 11) is 0. The molecule has 1 aliphatic rings. The highest BCUT2D eigenvalue weighted by Gasteiger charge is 2.19. The molecule has 1 N–H and O–H groups in total. The molecule has 0 bridgehead atoms. The molecule has 0 unspecified atom stereocenters. The van der Waals surface area contributed by atoms with E-state index in [4.69, 9.17) is 11.6 Å². The Morgan fingerprint density at radius 2 is 2.07 bits per heavy atom. The van der Waals surface area contributed by atoms with Crippen molar-refractivity contribution in [3.05, 3.63) is 41.2 Å². The first-order valence-corrected chi connectivity index (χ1v) is 10.9. The molecule has 0 radical (unpaired) electrons. The topological polar surface area (TPSA) is 71.0 Å². The van der Waals surface area contributed by atoms with E-state index in [1.807, 2.05) is 24.3 Å². The Hall–Kier alpha value is -1.90. The first-order valence-electron chi connectivity index (χ1n) is 8.70. The van der Waals surface area contributed by atoms with Gasteiger partial charge in [0.15, 0.2) is 10.8 Å². The fourth-order valence-corrected chi connectivity index (χ4v) is 5.06. The summed E-state index contributed by atoms with van der Waals surface area (Å²) in [5.41, 5.74) is 1.61. The van der Waals surface area contributed by atoms with Gasteiger partial charge in [0.25, 0.3) is 0 Å². The van der Waals surface area contributed by atoms with Crippen molar-refractivity contribution >= 4 is 56.1 Å². The molecule has 0 atom stereocenters. The number of halogens is 1. The van der Waals surface area contributed by atoms with E-state index in [1.165, 1.54) is 30.9 Å². The van der Waals surface area contributed by atoms with Crippen LogP contribution in [0.25, 0.3) is 10.3 Å². The van der Waals surface area contributed by atoms with Crippen LogP contribution >= 0.6 is 34.7 Å². The summed E-state index contributed by atoms with van der Waals surface area (Å²) >= 11 is 9.13. The molecule has 140 valence electrons. The number of hydrogen-bond acceptors (Lipinski definition) is 7. The van der Waals surface area contributed by atoms with Gasteiger partial charge in [0.2, 0.25) is 5.91 Å². The Morgan fingerprint density at radius 1 is 1.26 bits per heavy atom. The van der Waals surface area contributed by atoms with Crippen molar-refractivity contribution in [1.82, 2.24) is 20.3 Å². The van der Waals surface area contributed by atoms with E-state index in [1.54, 1.807) is 11.3 Å². The number of aromatic nitrogens is 3. The highest BCUT2D eigenvalue weighted by atomic mass is 35.5. The molecule has 0 aliphatic carbocycles. The maximum absolute atomic E-state index is 12.2. The van der Waals surface area contributed by atoms with Crippen LogP contribution < -0.4 is 10.2 Å². The summed E-state index contributed by atoms with van der Waals surface area (Å²) in [6, 6.07) is 7.49. The van der Waals surface area contributed by atoms with Gasteiger partial charge in [0.1, 0.15) is 16.1 Å². The number of fused-ring (bicyclic) bond motifs is 1. The van der Waals surface area contributed by atoms with E-state index in [0.717, 1.165) is 33.5 Å². The van der Waals surface area contributed by atoms with Crippen molar-refractivity contribution in [2.24, 2.45) is 0 Å². The predicted molar refractivity (Wildman–Crippen MR) is 111 cm³/mol. The van der Waals surface area contributed by atoms with Gasteiger partial charge in [0.05, 0.1) is 5.75 Å². The third kappa shape index (κ3) is 4.34. The van der Waals surface area contributed by atoms with Crippen molar-refractivity contribution in [1.29, 1.82) is 0 Å². The number of amides is 1. The van der Waals surface area contributed by atoms with Crippen LogP contribution in [-0.4, -0.2) is 39.7 Å². The highest BCUT2D eigenvalue weighted by Crippen LogP contribution is 2.34. The molecule has 0 saturated carbocycles. The van der Waals surface area contributed by atoms with E-state index in [9.17, 15) is 4.79 Å². The molecule has 1 aromatic carbocycles. The second kappa shape index (κ2) is 8.41. The summed E-state index contributed by atoms with van der Waals surface area (Å²) in [6.45, 7) is 2.50. The lowest BCUT2D eigenvalue weighted by Crippen LogP contribution is -2.24. The molecular formula is C18H18ClN5OS2. The minimum atomic E-state index is -0.0593. The van der Waals surface area contributed by atoms with E-state index >= 15 is 0 Å². The van der Waals surface area contributed by atoms with Gasteiger partial charge in [-0.3, -0.25) is 4.79 Å². The van der Waals surface area contributed by atoms with Crippen molar-refractivity contribution < 1.29 is 4.79 Å². The number of hydrogen-bond donors (Lipinski definition) is 1. The van der Waals surface area contributed by atoms with E-state index in [2.05, 4.69) is 25.2 Å². The van der Waals surface area contributed by atoms with Gasteiger partial charge < -0.3 is 10.2 Å². The molecular weight excluding hydrogens is 402 g/mol. The van der Waals surface area contributed by atoms with Gasteiger partial charge >= 0.3 is 0 Å². The number of nitrogens with one attached hydrogen (secondary N) is 1. The molecule has 1 fully saturated rings. The van der Waals surface area contributed by atoms with Crippen LogP contribution in [-0.2, 0) is 11.3 Å². The predicted octanol–water partition coefficient (Wildman–Crippen LogP) is 3.75. The van der Waals surface area contributed by atoms with E-state index in [-0.39, 0.29) is 11.7 Å². The Morgan fingerprint density at radius 3 is 2.89 bits per heavy atom. The molecule has 3 heterocycles. The van der Waals surface area contributed by atoms with Crippen molar-refractivity contribution in [2.75, 3.05) is 23.7 Å². The molecule has 3 aromatic rings. The van der Waals surface area contributed by atoms with Gasteiger partial charge in [-0.1, -0.05) is 52.9 Å². The molecule has 6 nitrogen and oxygen atoms in total. The number of carbonyl (C=O) groups excluding carboxylic acids is 1. The summed E-state index contributed by atoms with van der Waals surface area (Å²) in [6.07, 6.45) is 3.92. The van der Waals surface area contributed by atoms with Gasteiger partial charge in [0, 0.05) is 24.7 Å². The smallest absolute Gasteiger partial charge is 0.230 e. The Kier molecular flexibility index (Phi) is 5.75. The maximum atomic E-state index is 12.2. The third-order valence-corrected chi connectivity index (χ3v) is 6.90. The molecule has 4 rings (SSSR count). The quantitative estimate of drug-likeness (QED) is 0.484. The average molecular weight is 420 g/mol. The molecule has 1 amide bonds. The van der Waals surface area contributed by atoms with Crippen molar-refractivity contribution in [2.45, 2.75) is 24.4 Å². The summed E-state index contributed by atoms with van der Waals surface area (Å²) in [5, 5.41) is 5.35. The number of thioether (sulfide) groups is 1. The monoisotopic (exact) mass is 419 g/mol. The van der Waals surface area contributed by atoms with Crippen LogP contribution in [0.1, 0.15) is 18.4 Å². The second-order valence-corrected chi connectivity index (χ2v) is 8.53. The number of thiazole rings is 1. The molecule has 0 spiro atoms. The van der Waals surface area contributed by atoms with Crippen molar-refractivity contribution in [3.63, 3.8) is 0 Å². The van der Waals surface area contributed by atoms with Gasteiger partial charge in [-0.05, 0) is 24.5 Å². The maximum Gasteiger partial charge on any atom is 0.230 e. The van der Waals surface area contributed by atoms with Gasteiger partial charge in [-0.2, -0.15) is 4.98 Å². The number of anilines is 1. The fraction of sp³-hybridized carbons (Fsp3) is 0.333. The largest absolute Gasteiger partial charge is 0.351 e. The first kappa shape index (κ1) is 18.5. The lowest BCUT2D eigenvalue weighted by atomic mass is 10.2. The minimum Gasteiger partial charge on any atom is -0.351 e. The van der Waals surface area contributed by atoms with Crippen LogP contribution in [0, 0.1) is 0 Å². The number of rotatable bonds is 6. The zero-order valence-electron chi connectivity index (χ0n) is 14.5. The summed E-state index contributed by atoms with van der Waals surface area (Å²) < 4.78 is 0.948. The summed E-state index contributed by atoms with van der Waals surface area (Å²) in [5.74, 6) is 0.226. The third-order valence-electron chi connectivity index (χ3n) is 4.30. The van der Waals surface area contributed by atoms with Crippen LogP contribution in [0.5, 0.6) is 0 Å².